The number of nitrogens with zero attached hydrogens (tertiary/aromatic N) is 2. The Bertz CT molecular complexity index is 382. The zero-order chi connectivity index (χ0) is 17.9. The van der Waals surface area contributed by atoms with E-state index in [1.807, 2.05) is 6.92 Å². The van der Waals surface area contributed by atoms with Crippen molar-refractivity contribution in [1.29, 1.82) is 0 Å². The molecule has 0 spiro atoms. The minimum atomic E-state index is -1.62. The lowest BCUT2D eigenvalue weighted by molar-refractivity contribution is -0.162. The normalized spacial score (nSPS) is 34.4. The van der Waals surface area contributed by atoms with Crippen molar-refractivity contribution in [2.75, 3.05) is 26.2 Å². The van der Waals surface area contributed by atoms with Crippen LogP contribution in [0.2, 0.25) is 0 Å². The highest BCUT2D eigenvalue weighted by molar-refractivity contribution is 5.01. The molecule has 2 heterocycles. The summed E-state index contributed by atoms with van der Waals surface area (Å²) in [5.74, 6) is 0. The van der Waals surface area contributed by atoms with Crippen molar-refractivity contribution >= 4 is 0 Å². The van der Waals surface area contributed by atoms with Crippen molar-refractivity contribution < 1.29 is 30.6 Å². The fourth-order valence-corrected chi connectivity index (χ4v) is 3.74. The molecular formula is C16H32N2O6. The molecule has 2 saturated heterocycles. The van der Waals surface area contributed by atoms with Crippen LogP contribution in [-0.4, -0.2) is 109 Å². The van der Waals surface area contributed by atoms with E-state index in [-0.39, 0.29) is 6.54 Å². The molecule has 0 amide bonds. The first-order valence-electron chi connectivity index (χ1n) is 8.95. The highest BCUT2D eigenvalue weighted by atomic mass is 16.4. The van der Waals surface area contributed by atoms with Gasteiger partial charge < -0.3 is 30.6 Å². The summed E-state index contributed by atoms with van der Waals surface area (Å²) in [7, 11) is 0. The smallest absolute Gasteiger partial charge is 0.136 e. The van der Waals surface area contributed by atoms with Crippen LogP contribution in [0.4, 0.5) is 0 Å². The lowest BCUT2D eigenvalue weighted by atomic mass is 9.95. The molecule has 2 aliphatic heterocycles. The van der Waals surface area contributed by atoms with Gasteiger partial charge in [0.15, 0.2) is 0 Å². The van der Waals surface area contributed by atoms with Crippen molar-refractivity contribution in [2.45, 2.75) is 75.4 Å². The highest BCUT2D eigenvalue weighted by Crippen LogP contribution is 2.26. The van der Waals surface area contributed by atoms with E-state index in [4.69, 9.17) is 0 Å². The lowest BCUT2D eigenvalue weighted by Gasteiger charge is -2.36. The topological polar surface area (TPSA) is 128 Å². The molecule has 0 saturated carbocycles. The molecule has 2 fully saturated rings. The molecule has 24 heavy (non-hydrogen) atoms. The van der Waals surface area contributed by atoms with E-state index >= 15 is 0 Å². The average molecular weight is 348 g/mol. The number of hydrogen-bond donors (Lipinski definition) is 6. The minimum absolute atomic E-state index is 0.209. The summed E-state index contributed by atoms with van der Waals surface area (Å²) in [5.41, 5.74) is 0. The quantitative estimate of drug-likeness (QED) is 0.289. The summed E-state index contributed by atoms with van der Waals surface area (Å²) in [5, 5.41) is 61.3. The number of β-amino-alcohol motifs (C(OH)–C–C–N with tert-alkyl or cyclic N) is 1. The first kappa shape index (κ1) is 20.0. The van der Waals surface area contributed by atoms with Crippen LogP contribution < -0.4 is 0 Å². The third-order valence-electron chi connectivity index (χ3n) is 5.26. The van der Waals surface area contributed by atoms with Gasteiger partial charge in [0.05, 0.1) is 18.2 Å². The maximum atomic E-state index is 10.5. The largest absolute Gasteiger partial charge is 0.389 e. The van der Waals surface area contributed by atoms with Crippen LogP contribution in [0.5, 0.6) is 0 Å². The number of aliphatic hydroxyl groups is 6. The fourth-order valence-electron chi connectivity index (χ4n) is 3.74. The van der Waals surface area contributed by atoms with Gasteiger partial charge in [-0.1, -0.05) is 13.3 Å². The first-order valence-corrected chi connectivity index (χ1v) is 8.95. The molecule has 0 aromatic heterocycles. The van der Waals surface area contributed by atoms with Crippen LogP contribution >= 0.6 is 0 Å². The second-order valence-corrected chi connectivity index (χ2v) is 7.03. The van der Waals surface area contributed by atoms with E-state index in [2.05, 4.69) is 0 Å². The lowest BCUT2D eigenvalue weighted by Crippen LogP contribution is -2.58. The Morgan fingerprint density at radius 2 is 1.62 bits per heavy atom. The maximum Gasteiger partial charge on any atom is 0.136 e. The van der Waals surface area contributed by atoms with E-state index in [9.17, 15) is 30.6 Å². The summed E-state index contributed by atoms with van der Waals surface area (Å²) >= 11 is 0. The van der Waals surface area contributed by atoms with Crippen molar-refractivity contribution in [3.63, 3.8) is 0 Å². The van der Waals surface area contributed by atoms with Gasteiger partial charge in [0.2, 0.25) is 0 Å². The number of hydrogen-bond acceptors (Lipinski definition) is 8. The number of rotatable bonds is 8. The van der Waals surface area contributed by atoms with Crippen LogP contribution in [-0.2, 0) is 0 Å². The van der Waals surface area contributed by atoms with Gasteiger partial charge >= 0.3 is 0 Å². The van der Waals surface area contributed by atoms with Crippen LogP contribution in [0.25, 0.3) is 0 Å². The number of likely N-dealkylation sites (tertiary alicyclic amines) is 2. The molecule has 0 radical (unpaired) electrons. The Balaban J connectivity index is 2.02. The van der Waals surface area contributed by atoms with Gasteiger partial charge in [-0.05, 0) is 25.8 Å². The monoisotopic (exact) mass is 348 g/mol. The van der Waals surface area contributed by atoms with Crippen molar-refractivity contribution in [3.05, 3.63) is 0 Å². The standard InChI is InChI=1S/C16H32N2O6/c1-2-3-6-18-9-10(19)12(20)11(18)13(21)14(22)15(23)16(24)17-7-4-5-8-17/h10-16,19-24H,2-9H2,1H3/t10-,11+,12-,13?,14+,15-,16+/m0/s1. The third kappa shape index (κ3) is 4.25. The Morgan fingerprint density at radius 3 is 2.21 bits per heavy atom. The van der Waals surface area contributed by atoms with Crippen LogP contribution in [0.1, 0.15) is 32.6 Å². The molecule has 2 rings (SSSR count). The molecule has 6 N–H and O–H groups in total. The van der Waals surface area contributed by atoms with E-state index in [1.165, 1.54) is 0 Å². The molecule has 2 aliphatic rings. The minimum Gasteiger partial charge on any atom is -0.389 e. The molecular weight excluding hydrogens is 316 g/mol. The van der Waals surface area contributed by atoms with E-state index in [1.54, 1.807) is 9.80 Å². The zero-order valence-electron chi connectivity index (χ0n) is 14.3. The zero-order valence-corrected chi connectivity index (χ0v) is 14.3. The van der Waals surface area contributed by atoms with E-state index in [0.29, 0.717) is 19.6 Å². The van der Waals surface area contributed by atoms with Gasteiger partial charge in [0, 0.05) is 19.6 Å². The Kier molecular flexibility index (Phi) is 7.39. The average Bonchev–Trinajstić information content (AvgIpc) is 3.19. The van der Waals surface area contributed by atoms with E-state index < -0.39 is 42.8 Å². The third-order valence-corrected chi connectivity index (χ3v) is 5.26. The van der Waals surface area contributed by atoms with Gasteiger partial charge in [0.1, 0.15) is 24.5 Å². The number of unbranched alkanes of at least 4 members (excludes halogenated alkanes) is 1. The summed E-state index contributed by atoms with van der Waals surface area (Å²) in [6.07, 6.45) is -4.52. The van der Waals surface area contributed by atoms with Gasteiger partial charge in [-0.2, -0.15) is 0 Å². The Hall–Kier alpha value is -0.320. The second-order valence-electron chi connectivity index (χ2n) is 7.03. The molecule has 8 nitrogen and oxygen atoms in total. The Morgan fingerprint density at radius 1 is 1.00 bits per heavy atom. The second kappa shape index (κ2) is 8.86. The first-order chi connectivity index (χ1) is 11.4. The highest BCUT2D eigenvalue weighted by Gasteiger charge is 2.48. The summed E-state index contributed by atoms with van der Waals surface area (Å²) in [4.78, 5) is 3.40. The molecule has 0 aromatic carbocycles. The SMILES string of the molecule is CCCCN1C[C@H](O)[C@H](O)[C@@H]1C(O)[C@@H](O)[C@H](O)[C@@H](O)N1CCCC1. The van der Waals surface area contributed by atoms with Crippen LogP contribution in [0.3, 0.4) is 0 Å². The fraction of sp³-hybridized carbons (Fsp3) is 1.00. The van der Waals surface area contributed by atoms with Gasteiger partial charge in [-0.25, -0.2) is 0 Å². The predicted octanol–water partition coefficient (Wildman–Crippen LogP) is -2.31. The van der Waals surface area contributed by atoms with Crippen molar-refractivity contribution in [2.24, 2.45) is 0 Å². The van der Waals surface area contributed by atoms with E-state index in [0.717, 1.165) is 25.7 Å². The molecule has 0 aromatic rings. The Labute approximate surface area is 142 Å². The summed E-state index contributed by atoms with van der Waals surface area (Å²) < 4.78 is 0. The predicted molar refractivity (Wildman–Crippen MR) is 87.1 cm³/mol. The number of aliphatic hydroxyl groups excluding tert-OH is 6. The molecule has 0 aliphatic carbocycles. The van der Waals surface area contributed by atoms with Crippen LogP contribution in [0.15, 0.2) is 0 Å². The molecule has 1 unspecified atom stereocenters. The van der Waals surface area contributed by atoms with Crippen LogP contribution in [0, 0.1) is 0 Å². The van der Waals surface area contributed by atoms with Gasteiger partial charge in [0.25, 0.3) is 0 Å². The maximum absolute atomic E-state index is 10.5. The molecule has 8 heteroatoms. The molecule has 7 atom stereocenters. The summed E-state index contributed by atoms with van der Waals surface area (Å²) in [6, 6.07) is -0.873. The van der Waals surface area contributed by atoms with Gasteiger partial charge in [-0.3, -0.25) is 9.80 Å². The van der Waals surface area contributed by atoms with Crippen molar-refractivity contribution in [1.82, 2.24) is 9.80 Å². The molecule has 0 bridgehead atoms. The summed E-state index contributed by atoms with van der Waals surface area (Å²) in [6.45, 7) is 4.06. The van der Waals surface area contributed by atoms with Gasteiger partial charge in [-0.15, -0.1) is 0 Å². The van der Waals surface area contributed by atoms with Crippen molar-refractivity contribution in [3.8, 4) is 0 Å². The molecule has 142 valence electrons.